The number of carbonyl (C=O) groups is 1. The zero-order valence-corrected chi connectivity index (χ0v) is 14.7. The highest BCUT2D eigenvalue weighted by Gasteiger charge is 2.21. The van der Waals surface area contributed by atoms with Crippen LogP contribution in [0.25, 0.3) is 0 Å². The molecule has 1 aromatic rings. The molecule has 0 atom stereocenters. The third-order valence-electron chi connectivity index (χ3n) is 3.81. The second-order valence-corrected chi connectivity index (χ2v) is 7.07. The molecule has 128 valence electrons. The van der Waals surface area contributed by atoms with Gasteiger partial charge in [-0.25, -0.2) is 14.8 Å². The molecule has 1 aromatic heterocycles. The average Bonchev–Trinajstić information content (AvgIpc) is 2.46. The highest BCUT2D eigenvalue weighted by molar-refractivity contribution is 5.82. The van der Waals surface area contributed by atoms with Crippen molar-refractivity contribution in [3.05, 3.63) is 12.4 Å². The van der Waals surface area contributed by atoms with E-state index < -0.39 is 11.7 Å². The van der Waals surface area contributed by atoms with E-state index in [-0.39, 0.29) is 5.95 Å². The largest absolute Gasteiger partial charge is 0.444 e. The highest BCUT2D eigenvalue weighted by Crippen LogP contribution is 2.21. The Kier molecular flexibility index (Phi) is 5.41. The molecular weight excluding hydrogens is 294 g/mol. The van der Waals surface area contributed by atoms with Gasteiger partial charge in [-0.1, -0.05) is 0 Å². The minimum Gasteiger partial charge on any atom is -0.444 e. The summed E-state index contributed by atoms with van der Waals surface area (Å²) < 4.78 is 5.18. The maximum atomic E-state index is 11.7. The van der Waals surface area contributed by atoms with Gasteiger partial charge in [0.25, 0.3) is 0 Å². The number of nitrogens with one attached hydrogen (secondary N) is 1. The lowest BCUT2D eigenvalue weighted by Crippen LogP contribution is -2.42. The van der Waals surface area contributed by atoms with Crippen LogP contribution in [-0.2, 0) is 4.74 Å². The molecule has 1 aliphatic rings. The van der Waals surface area contributed by atoms with Crippen molar-refractivity contribution in [3.8, 4) is 0 Å². The smallest absolute Gasteiger partial charge is 0.414 e. The summed E-state index contributed by atoms with van der Waals surface area (Å²) in [5.74, 6) is 0.256. The van der Waals surface area contributed by atoms with Crippen molar-refractivity contribution in [1.29, 1.82) is 0 Å². The predicted molar refractivity (Wildman–Crippen MR) is 90.8 cm³/mol. The lowest BCUT2D eigenvalue weighted by atomic mass is 10.0. The van der Waals surface area contributed by atoms with E-state index in [0.717, 1.165) is 31.6 Å². The van der Waals surface area contributed by atoms with Crippen molar-refractivity contribution in [2.24, 2.45) is 0 Å². The molecule has 2 rings (SSSR count). The van der Waals surface area contributed by atoms with Gasteiger partial charge in [0, 0.05) is 19.1 Å². The lowest BCUT2D eigenvalue weighted by molar-refractivity contribution is 0.0634. The van der Waals surface area contributed by atoms with Gasteiger partial charge in [0.15, 0.2) is 0 Å². The third-order valence-corrected chi connectivity index (χ3v) is 3.81. The van der Waals surface area contributed by atoms with Gasteiger partial charge in [0.1, 0.15) is 5.60 Å². The molecule has 0 saturated carbocycles. The number of ether oxygens (including phenoxy) is 1. The number of rotatable bonds is 3. The summed E-state index contributed by atoms with van der Waals surface area (Å²) in [4.78, 5) is 24.6. The summed E-state index contributed by atoms with van der Waals surface area (Å²) in [6.07, 6.45) is 5.21. The first kappa shape index (κ1) is 17.5. The fourth-order valence-corrected chi connectivity index (χ4v) is 2.58. The molecule has 0 bridgehead atoms. The van der Waals surface area contributed by atoms with Gasteiger partial charge in [0.2, 0.25) is 5.95 Å². The number of aromatic nitrogens is 2. The molecule has 1 amide bonds. The summed E-state index contributed by atoms with van der Waals surface area (Å²) in [7, 11) is 4.25. The van der Waals surface area contributed by atoms with E-state index in [0.29, 0.717) is 6.04 Å². The third kappa shape index (κ3) is 5.35. The summed E-state index contributed by atoms with van der Waals surface area (Å²) in [5.41, 5.74) is 0.442. The van der Waals surface area contributed by atoms with Gasteiger partial charge in [-0.05, 0) is 47.7 Å². The number of amides is 1. The summed E-state index contributed by atoms with van der Waals surface area (Å²) in [6, 6.07) is 0.639. The Bertz CT molecular complexity index is 516. The molecule has 1 N–H and O–H groups in total. The summed E-state index contributed by atoms with van der Waals surface area (Å²) >= 11 is 0. The first-order valence-corrected chi connectivity index (χ1v) is 7.98. The van der Waals surface area contributed by atoms with E-state index in [1.807, 2.05) is 20.8 Å². The van der Waals surface area contributed by atoms with Gasteiger partial charge < -0.3 is 14.5 Å². The van der Waals surface area contributed by atoms with Crippen molar-refractivity contribution in [3.63, 3.8) is 0 Å². The molecule has 0 aromatic carbocycles. The Morgan fingerprint density at radius 2 is 1.83 bits per heavy atom. The van der Waals surface area contributed by atoms with E-state index >= 15 is 0 Å². The van der Waals surface area contributed by atoms with Crippen molar-refractivity contribution < 1.29 is 9.53 Å². The van der Waals surface area contributed by atoms with Crippen molar-refractivity contribution in [2.75, 3.05) is 37.4 Å². The first-order valence-electron chi connectivity index (χ1n) is 7.98. The van der Waals surface area contributed by atoms with Gasteiger partial charge in [-0.3, -0.25) is 5.32 Å². The standard InChI is InChI=1S/C16H27N5O2/c1-16(2,3)23-15(22)19-14-17-10-13(11-18-14)21-8-6-12(7-9-21)20(4)5/h10-12H,6-9H2,1-5H3,(H,17,18,19,22). The van der Waals surface area contributed by atoms with E-state index in [1.165, 1.54) is 0 Å². The van der Waals surface area contributed by atoms with Crippen LogP contribution in [0, 0.1) is 0 Å². The molecule has 1 fully saturated rings. The van der Waals surface area contributed by atoms with Crippen molar-refractivity contribution in [1.82, 2.24) is 14.9 Å². The molecule has 0 radical (unpaired) electrons. The van der Waals surface area contributed by atoms with E-state index in [4.69, 9.17) is 4.74 Å². The predicted octanol–water partition coefficient (Wildman–Crippen LogP) is 2.35. The molecule has 0 unspecified atom stereocenters. The normalized spacial score (nSPS) is 16.5. The molecule has 7 heteroatoms. The van der Waals surface area contributed by atoms with E-state index in [1.54, 1.807) is 12.4 Å². The van der Waals surface area contributed by atoms with E-state index in [2.05, 4.69) is 39.2 Å². The zero-order chi connectivity index (χ0) is 17.0. The van der Waals surface area contributed by atoms with Crippen LogP contribution in [0.2, 0.25) is 0 Å². The van der Waals surface area contributed by atoms with Crippen LogP contribution in [0.3, 0.4) is 0 Å². The van der Waals surface area contributed by atoms with Crippen LogP contribution in [0.1, 0.15) is 33.6 Å². The van der Waals surface area contributed by atoms with Gasteiger partial charge in [-0.2, -0.15) is 0 Å². The van der Waals surface area contributed by atoms with Gasteiger partial charge >= 0.3 is 6.09 Å². The number of anilines is 2. The Hall–Kier alpha value is -1.89. The first-order chi connectivity index (χ1) is 10.7. The van der Waals surface area contributed by atoms with Gasteiger partial charge in [-0.15, -0.1) is 0 Å². The number of carbonyl (C=O) groups excluding carboxylic acids is 1. The molecule has 0 spiro atoms. The second-order valence-electron chi connectivity index (χ2n) is 7.07. The quantitative estimate of drug-likeness (QED) is 0.921. The minimum absolute atomic E-state index is 0.256. The molecule has 7 nitrogen and oxygen atoms in total. The zero-order valence-electron chi connectivity index (χ0n) is 14.7. The van der Waals surface area contributed by atoms with Crippen LogP contribution in [0.15, 0.2) is 12.4 Å². The van der Waals surface area contributed by atoms with Gasteiger partial charge in [0.05, 0.1) is 18.1 Å². The summed E-state index contributed by atoms with van der Waals surface area (Å²) in [6.45, 7) is 7.42. The fraction of sp³-hybridized carbons (Fsp3) is 0.688. The van der Waals surface area contributed by atoms with Crippen LogP contribution in [-0.4, -0.2) is 59.8 Å². The molecule has 1 aliphatic heterocycles. The highest BCUT2D eigenvalue weighted by atomic mass is 16.6. The van der Waals surface area contributed by atoms with Crippen LogP contribution < -0.4 is 10.2 Å². The minimum atomic E-state index is -0.544. The molecule has 2 heterocycles. The molecule has 23 heavy (non-hydrogen) atoms. The molecule has 0 aliphatic carbocycles. The molecular formula is C16H27N5O2. The number of nitrogens with zero attached hydrogens (tertiary/aromatic N) is 4. The maximum Gasteiger partial charge on any atom is 0.414 e. The monoisotopic (exact) mass is 321 g/mol. The lowest BCUT2D eigenvalue weighted by Gasteiger charge is -2.36. The number of hydrogen-bond acceptors (Lipinski definition) is 6. The molecule has 1 saturated heterocycles. The average molecular weight is 321 g/mol. The topological polar surface area (TPSA) is 70.6 Å². The van der Waals surface area contributed by atoms with Crippen LogP contribution in [0.5, 0.6) is 0 Å². The maximum absolute atomic E-state index is 11.7. The van der Waals surface area contributed by atoms with E-state index in [9.17, 15) is 4.79 Å². The SMILES string of the molecule is CN(C)C1CCN(c2cnc(NC(=O)OC(C)(C)C)nc2)CC1. The van der Waals surface area contributed by atoms with Crippen LogP contribution >= 0.6 is 0 Å². The Morgan fingerprint density at radius 3 is 2.30 bits per heavy atom. The fourth-order valence-electron chi connectivity index (χ4n) is 2.58. The summed E-state index contributed by atoms with van der Waals surface area (Å²) in [5, 5.41) is 2.54. The Morgan fingerprint density at radius 1 is 1.26 bits per heavy atom. The van der Waals surface area contributed by atoms with Crippen molar-refractivity contribution >= 4 is 17.7 Å². The number of hydrogen-bond donors (Lipinski definition) is 1. The van der Waals surface area contributed by atoms with Crippen molar-refractivity contribution in [2.45, 2.75) is 45.3 Å². The number of piperidine rings is 1. The Balaban J connectivity index is 1.89. The Labute approximate surface area is 138 Å². The second kappa shape index (κ2) is 7.12. The van der Waals surface area contributed by atoms with Crippen LogP contribution in [0.4, 0.5) is 16.4 Å².